The molecule has 1 atom stereocenters. The first-order valence-electron chi connectivity index (χ1n) is 34.0. The Labute approximate surface area is 511 Å². The van der Waals surface area contributed by atoms with Crippen molar-refractivity contribution < 1.29 is 28.6 Å². The van der Waals surface area contributed by atoms with Crippen molar-refractivity contribution >= 4 is 17.9 Å². The minimum absolute atomic E-state index is 0.106. The van der Waals surface area contributed by atoms with E-state index >= 15 is 0 Å². The van der Waals surface area contributed by atoms with Crippen molar-refractivity contribution in [3.8, 4) is 0 Å². The Kier molecular flexibility index (Phi) is 65.4. The average molecular weight is 1150 g/mol. The molecular weight excluding hydrogens is 1020 g/mol. The molecule has 6 heteroatoms. The molecule has 0 aliphatic rings. The molecule has 0 aromatic rings. The van der Waals surface area contributed by atoms with Crippen molar-refractivity contribution in [3.05, 3.63) is 158 Å². The Hall–Kier alpha value is -4.97. The van der Waals surface area contributed by atoms with Crippen LogP contribution in [0.3, 0.4) is 0 Å². The molecule has 0 amide bonds. The fourth-order valence-electron chi connectivity index (χ4n) is 9.01. The van der Waals surface area contributed by atoms with Crippen LogP contribution in [0, 0.1) is 0 Å². The summed E-state index contributed by atoms with van der Waals surface area (Å²) in [6, 6.07) is 0. The molecule has 0 saturated carbocycles. The topological polar surface area (TPSA) is 78.9 Å². The summed E-state index contributed by atoms with van der Waals surface area (Å²) in [4.78, 5) is 38.4. The van der Waals surface area contributed by atoms with E-state index in [1.807, 2.05) is 0 Å². The highest BCUT2D eigenvalue weighted by molar-refractivity contribution is 5.71. The average Bonchev–Trinajstić information content (AvgIpc) is 3.49. The summed E-state index contributed by atoms with van der Waals surface area (Å²) in [7, 11) is 0. The molecule has 0 fully saturated rings. The molecule has 83 heavy (non-hydrogen) atoms. The Bertz CT molecular complexity index is 1840. The zero-order valence-corrected chi connectivity index (χ0v) is 53.7. The molecule has 0 N–H and O–H groups in total. The van der Waals surface area contributed by atoms with Gasteiger partial charge >= 0.3 is 17.9 Å². The second-order valence-electron chi connectivity index (χ2n) is 22.0. The molecule has 0 aromatic carbocycles. The SMILES string of the molecule is CC/C=C\C/C=C\C/C=C\C/C=C\C/C=C\C/C=C\C/C=C\CCCCCCCC(=O)OCC(COC(=O)CCCCCCCCCCCCCCCCCCC)OC(=O)CCCC/C=C\C/C=C\C/C=C\C/C=C\C/C=C\C/C=C\CC. The van der Waals surface area contributed by atoms with Gasteiger partial charge in [-0.05, 0) is 128 Å². The minimum Gasteiger partial charge on any atom is -0.462 e. The van der Waals surface area contributed by atoms with E-state index < -0.39 is 6.10 Å². The first kappa shape index (κ1) is 78.0. The summed E-state index contributed by atoms with van der Waals surface area (Å²) in [5.41, 5.74) is 0. The predicted molar refractivity (Wildman–Crippen MR) is 362 cm³/mol. The van der Waals surface area contributed by atoms with Gasteiger partial charge in [-0.15, -0.1) is 0 Å². The summed E-state index contributed by atoms with van der Waals surface area (Å²) in [6.45, 7) is 6.38. The maximum atomic E-state index is 12.9. The number of ether oxygens (including phenoxy) is 3. The van der Waals surface area contributed by atoms with Crippen molar-refractivity contribution in [1.82, 2.24) is 0 Å². The van der Waals surface area contributed by atoms with Gasteiger partial charge in [0.1, 0.15) is 13.2 Å². The van der Waals surface area contributed by atoms with Crippen LogP contribution in [0.4, 0.5) is 0 Å². The van der Waals surface area contributed by atoms with Crippen LogP contribution in [0.25, 0.3) is 0 Å². The highest BCUT2D eigenvalue weighted by Gasteiger charge is 2.19. The van der Waals surface area contributed by atoms with E-state index in [-0.39, 0.29) is 37.5 Å². The monoisotopic (exact) mass is 1140 g/mol. The number of allylic oxidation sites excluding steroid dienone is 26. The van der Waals surface area contributed by atoms with Crippen molar-refractivity contribution in [3.63, 3.8) is 0 Å². The molecule has 1 unspecified atom stereocenters. The van der Waals surface area contributed by atoms with E-state index in [9.17, 15) is 14.4 Å². The van der Waals surface area contributed by atoms with Gasteiger partial charge in [0.25, 0.3) is 0 Å². The Morgan fingerprint density at radius 1 is 0.253 bits per heavy atom. The molecule has 0 heterocycles. The molecule has 0 radical (unpaired) electrons. The Balaban J connectivity index is 4.51. The third kappa shape index (κ3) is 67.7. The summed E-state index contributed by atoms with van der Waals surface area (Å²) < 4.78 is 16.9. The molecule has 0 rings (SSSR count). The van der Waals surface area contributed by atoms with Gasteiger partial charge in [-0.1, -0.05) is 301 Å². The second-order valence-corrected chi connectivity index (χ2v) is 22.0. The van der Waals surface area contributed by atoms with E-state index in [0.717, 1.165) is 154 Å². The van der Waals surface area contributed by atoms with Gasteiger partial charge in [0.05, 0.1) is 0 Å². The van der Waals surface area contributed by atoms with Crippen LogP contribution in [0.1, 0.15) is 290 Å². The van der Waals surface area contributed by atoms with Crippen LogP contribution >= 0.6 is 0 Å². The maximum absolute atomic E-state index is 12.9. The van der Waals surface area contributed by atoms with Gasteiger partial charge in [-0.3, -0.25) is 14.4 Å². The molecule has 468 valence electrons. The fourth-order valence-corrected chi connectivity index (χ4v) is 9.01. The molecule has 0 bridgehead atoms. The molecular formula is C77H124O6. The predicted octanol–water partition coefficient (Wildman–Crippen LogP) is 23.7. The molecule has 0 aliphatic carbocycles. The number of unbranched alkanes of at least 4 members (excludes halogenated alkanes) is 23. The smallest absolute Gasteiger partial charge is 0.306 e. The zero-order valence-electron chi connectivity index (χ0n) is 53.7. The third-order valence-corrected chi connectivity index (χ3v) is 14.0. The normalized spacial score (nSPS) is 13.1. The lowest BCUT2D eigenvalue weighted by molar-refractivity contribution is -0.167. The van der Waals surface area contributed by atoms with E-state index in [4.69, 9.17) is 14.2 Å². The first-order valence-corrected chi connectivity index (χ1v) is 34.0. The minimum atomic E-state index is -0.818. The number of hydrogen-bond acceptors (Lipinski definition) is 6. The molecule has 0 aromatic heterocycles. The van der Waals surface area contributed by atoms with Crippen LogP contribution in [0.5, 0.6) is 0 Å². The zero-order chi connectivity index (χ0) is 59.9. The van der Waals surface area contributed by atoms with Crippen LogP contribution < -0.4 is 0 Å². The first-order chi connectivity index (χ1) is 41.0. The lowest BCUT2D eigenvalue weighted by Gasteiger charge is -2.18. The summed E-state index contributed by atoms with van der Waals surface area (Å²) in [6.07, 6.45) is 101. The number of carbonyl (C=O) groups is 3. The number of carbonyl (C=O) groups excluding carboxylic acids is 3. The van der Waals surface area contributed by atoms with Gasteiger partial charge in [0, 0.05) is 19.3 Å². The van der Waals surface area contributed by atoms with Crippen molar-refractivity contribution in [2.45, 2.75) is 297 Å². The van der Waals surface area contributed by atoms with Crippen molar-refractivity contribution in [2.75, 3.05) is 13.2 Å². The van der Waals surface area contributed by atoms with Crippen molar-refractivity contribution in [1.29, 1.82) is 0 Å². The second kappa shape index (κ2) is 69.5. The van der Waals surface area contributed by atoms with Gasteiger partial charge in [-0.2, -0.15) is 0 Å². The molecule has 0 aliphatic heterocycles. The number of esters is 3. The number of rotatable bonds is 60. The highest BCUT2D eigenvalue weighted by Crippen LogP contribution is 2.16. The summed E-state index contributed by atoms with van der Waals surface area (Å²) in [5, 5.41) is 0. The molecule has 0 saturated heterocycles. The van der Waals surface area contributed by atoms with Crippen molar-refractivity contribution in [2.24, 2.45) is 0 Å². The van der Waals surface area contributed by atoms with E-state index in [0.29, 0.717) is 19.3 Å². The Morgan fingerprint density at radius 3 is 0.759 bits per heavy atom. The molecule has 0 spiro atoms. The standard InChI is InChI=1S/C77H124O6/c1-4-7-10-13-16-19-22-25-28-31-33-35-36-37-38-39-40-42-43-46-49-52-55-58-61-64-67-70-76(79)82-73-74(72-81-75(78)69-66-63-60-57-54-51-48-45-30-27-24-21-18-15-12-9-6-3)83-77(80)71-68-65-62-59-56-53-50-47-44-41-34-32-29-26-23-20-17-14-11-8-5-2/h7-8,10-11,16-17,19-20,25-26,28-29,33-35,37-38,40-42,46-47,49-50,56,59,74H,4-6,9,12-15,18,21-24,27,30-32,36,39,43-45,48,51-55,57-58,60-73H2,1-3H3/b10-7-,11-8-,19-16-,20-17-,28-25-,29-26-,35-33-,38-37-,41-34-,42-40-,49-46-,50-47-,59-56-. The van der Waals surface area contributed by atoms with Crippen LogP contribution in [0.2, 0.25) is 0 Å². The quantitative estimate of drug-likeness (QED) is 0.0261. The van der Waals surface area contributed by atoms with E-state index in [1.54, 1.807) is 0 Å². The van der Waals surface area contributed by atoms with E-state index in [2.05, 4.69) is 179 Å². The van der Waals surface area contributed by atoms with Gasteiger partial charge < -0.3 is 14.2 Å². The van der Waals surface area contributed by atoms with Crippen LogP contribution in [-0.4, -0.2) is 37.2 Å². The van der Waals surface area contributed by atoms with Gasteiger partial charge in [0.2, 0.25) is 0 Å². The number of hydrogen-bond donors (Lipinski definition) is 0. The third-order valence-electron chi connectivity index (χ3n) is 14.0. The molecule has 6 nitrogen and oxygen atoms in total. The lowest BCUT2D eigenvalue weighted by atomic mass is 10.0. The van der Waals surface area contributed by atoms with Crippen LogP contribution in [-0.2, 0) is 28.6 Å². The van der Waals surface area contributed by atoms with Gasteiger partial charge in [0.15, 0.2) is 6.10 Å². The highest BCUT2D eigenvalue weighted by atomic mass is 16.6. The van der Waals surface area contributed by atoms with Crippen LogP contribution in [0.15, 0.2) is 158 Å². The summed E-state index contributed by atoms with van der Waals surface area (Å²) >= 11 is 0. The maximum Gasteiger partial charge on any atom is 0.306 e. The lowest BCUT2D eigenvalue weighted by Crippen LogP contribution is -2.30. The van der Waals surface area contributed by atoms with E-state index in [1.165, 1.54) is 89.9 Å². The summed E-state index contributed by atoms with van der Waals surface area (Å²) in [5.74, 6) is -0.966. The fraction of sp³-hybridized carbons (Fsp3) is 0.623. The van der Waals surface area contributed by atoms with Gasteiger partial charge in [-0.25, -0.2) is 0 Å². The Morgan fingerprint density at radius 2 is 0.470 bits per heavy atom. The largest absolute Gasteiger partial charge is 0.462 e.